The van der Waals surface area contributed by atoms with Crippen LogP contribution in [0.1, 0.15) is 6.42 Å². The Morgan fingerprint density at radius 3 is 2.70 bits per heavy atom. The minimum absolute atomic E-state index is 0. The summed E-state index contributed by atoms with van der Waals surface area (Å²) in [7, 11) is 1.83. The Labute approximate surface area is 147 Å². The molecule has 0 saturated carbocycles. The zero-order valence-electron chi connectivity index (χ0n) is 12.0. The molecule has 5 nitrogen and oxygen atoms in total. The Kier molecular flexibility index (Phi) is 8.38. The standard InChI is InChI=1S/C13H23BrN4O.HI/c1-11(14)9-16-13(15-2)18-4-3-12(10-18)17-5-7-19-8-6-17;/h12H,1,3-10H2,2H3,(H,15,16);1H. The SMILES string of the molecule is C=C(Br)CNC(=NC)N1CCC(N2CCOCC2)C1.I. The molecule has 0 aliphatic carbocycles. The Hall–Kier alpha value is 0.140. The highest BCUT2D eigenvalue weighted by Crippen LogP contribution is 2.17. The number of nitrogens with zero attached hydrogens (tertiary/aromatic N) is 3. The maximum Gasteiger partial charge on any atom is 0.193 e. The molecule has 0 aromatic rings. The lowest BCUT2D eigenvalue weighted by molar-refractivity contribution is 0.0195. The average Bonchev–Trinajstić information content (AvgIpc) is 2.90. The highest BCUT2D eigenvalue weighted by Gasteiger charge is 2.30. The van der Waals surface area contributed by atoms with Crippen LogP contribution in [0.3, 0.4) is 0 Å². The molecule has 20 heavy (non-hydrogen) atoms. The van der Waals surface area contributed by atoms with Crippen LogP contribution in [0, 0.1) is 0 Å². The first kappa shape index (κ1) is 18.2. The second-order valence-corrected chi connectivity index (χ2v) is 6.08. The van der Waals surface area contributed by atoms with Gasteiger partial charge in [0.15, 0.2) is 5.96 Å². The molecule has 1 unspecified atom stereocenters. The third-order valence-electron chi connectivity index (χ3n) is 3.68. The van der Waals surface area contributed by atoms with Gasteiger partial charge in [-0.05, 0) is 6.42 Å². The topological polar surface area (TPSA) is 40.1 Å². The molecule has 1 atom stereocenters. The average molecular weight is 459 g/mol. The van der Waals surface area contributed by atoms with E-state index in [1.807, 2.05) is 7.05 Å². The number of morpholine rings is 1. The van der Waals surface area contributed by atoms with Gasteiger partial charge in [-0.2, -0.15) is 0 Å². The van der Waals surface area contributed by atoms with Crippen molar-refractivity contribution in [2.24, 2.45) is 4.99 Å². The van der Waals surface area contributed by atoms with Crippen molar-refractivity contribution in [3.05, 3.63) is 11.1 Å². The summed E-state index contributed by atoms with van der Waals surface area (Å²) in [5.74, 6) is 0.969. The van der Waals surface area contributed by atoms with E-state index in [9.17, 15) is 0 Å². The molecule has 2 fully saturated rings. The van der Waals surface area contributed by atoms with Gasteiger partial charge in [0, 0.05) is 50.3 Å². The summed E-state index contributed by atoms with van der Waals surface area (Å²) in [6.45, 7) is 10.5. The number of rotatable bonds is 3. The van der Waals surface area contributed by atoms with Gasteiger partial charge in [-0.25, -0.2) is 0 Å². The Morgan fingerprint density at radius 1 is 1.40 bits per heavy atom. The largest absolute Gasteiger partial charge is 0.379 e. The first-order valence-electron chi connectivity index (χ1n) is 6.81. The fourth-order valence-corrected chi connectivity index (χ4v) is 2.82. The van der Waals surface area contributed by atoms with Crippen LogP contribution in [0.5, 0.6) is 0 Å². The molecule has 2 heterocycles. The molecular weight excluding hydrogens is 435 g/mol. The number of nitrogens with one attached hydrogen (secondary N) is 1. The minimum atomic E-state index is 0. The van der Waals surface area contributed by atoms with E-state index >= 15 is 0 Å². The first-order valence-corrected chi connectivity index (χ1v) is 7.60. The Balaban J connectivity index is 0.00000200. The number of hydrogen-bond acceptors (Lipinski definition) is 3. The maximum atomic E-state index is 5.41. The van der Waals surface area contributed by atoms with Crippen LogP contribution in [-0.2, 0) is 4.74 Å². The van der Waals surface area contributed by atoms with Gasteiger partial charge in [-0.15, -0.1) is 24.0 Å². The van der Waals surface area contributed by atoms with Gasteiger partial charge in [0.2, 0.25) is 0 Å². The first-order chi connectivity index (χ1) is 9.20. The Bertz CT molecular complexity index is 347. The molecule has 1 N–H and O–H groups in total. The summed E-state index contributed by atoms with van der Waals surface area (Å²) in [5.41, 5.74) is 0. The number of guanidine groups is 1. The van der Waals surface area contributed by atoms with Crippen molar-refractivity contribution >= 4 is 45.9 Å². The van der Waals surface area contributed by atoms with E-state index < -0.39 is 0 Å². The van der Waals surface area contributed by atoms with Crippen LogP contribution in [0.4, 0.5) is 0 Å². The smallest absolute Gasteiger partial charge is 0.193 e. The second-order valence-electron chi connectivity index (χ2n) is 4.95. The minimum Gasteiger partial charge on any atom is -0.379 e. The number of likely N-dealkylation sites (tertiary alicyclic amines) is 1. The van der Waals surface area contributed by atoms with E-state index in [1.54, 1.807) is 0 Å². The summed E-state index contributed by atoms with van der Waals surface area (Å²) in [5, 5.41) is 3.32. The van der Waals surface area contributed by atoms with Gasteiger partial charge in [0.25, 0.3) is 0 Å². The summed E-state index contributed by atoms with van der Waals surface area (Å²) in [6, 6.07) is 0.634. The van der Waals surface area contributed by atoms with Crippen molar-refractivity contribution in [3.8, 4) is 0 Å². The lowest BCUT2D eigenvalue weighted by atomic mass is 10.2. The van der Waals surface area contributed by atoms with Crippen molar-refractivity contribution in [2.45, 2.75) is 12.5 Å². The highest BCUT2D eigenvalue weighted by molar-refractivity contribution is 14.0. The molecular formula is C13H24BrIN4O. The Morgan fingerprint density at radius 2 is 2.10 bits per heavy atom. The van der Waals surface area contributed by atoms with Crippen LogP contribution in [0.2, 0.25) is 0 Å². The quantitative estimate of drug-likeness (QED) is 0.395. The molecule has 0 aromatic heterocycles. The third kappa shape index (κ3) is 5.16. The molecule has 0 amide bonds. The van der Waals surface area contributed by atoms with Crippen LogP contribution >= 0.6 is 39.9 Å². The van der Waals surface area contributed by atoms with Crippen LogP contribution in [0.15, 0.2) is 16.1 Å². The molecule has 2 aliphatic heterocycles. The van der Waals surface area contributed by atoms with E-state index in [1.165, 1.54) is 6.42 Å². The lowest BCUT2D eigenvalue weighted by Crippen LogP contribution is -2.46. The fourth-order valence-electron chi connectivity index (χ4n) is 2.68. The van der Waals surface area contributed by atoms with Gasteiger partial charge in [-0.3, -0.25) is 9.89 Å². The molecule has 7 heteroatoms. The number of hydrogen-bond donors (Lipinski definition) is 1. The van der Waals surface area contributed by atoms with E-state index in [-0.39, 0.29) is 24.0 Å². The van der Waals surface area contributed by atoms with Gasteiger partial charge >= 0.3 is 0 Å². The number of ether oxygens (including phenoxy) is 1. The van der Waals surface area contributed by atoms with Crippen molar-refractivity contribution in [1.29, 1.82) is 0 Å². The number of halogens is 2. The second kappa shape index (κ2) is 9.22. The highest BCUT2D eigenvalue weighted by atomic mass is 127. The zero-order valence-corrected chi connectivity index (χ0v) is 15.9. The molecule has 0 aromatic carbocycles. The predicted molar refractivity (Wildman–Crippen MR) is 97.2 cm³/mol. The van der Waals surface area contributed by atoms with Gasteiger partial charge in [0.1, 0.15) is 0 Å². The van der Waals surface area contributed by atoms with Crippen molar-refractivity contribution in [2.75, 3.05) is 53.0 Å². The van der Waals surface area contributed by atoms with E-state index in [4.69, 9.17) is 4.74 Å². The summed E-state index contributed by atoms with van der Waals surface area (Å²) >= 11 is 3.36. The predicted octanol–water partition coefficient (Wildman–Crippen LogP) is 1.49. The maximum absolute atomic E-state index is 5.41. The fraction of sp³-hybridized carbons (Fsp3) is 0.769. The third-order valence-corrected chi connectivity index (χ3v) is 3.96. The number of aliphatic imine (C=N–C) groups is 1. The molecule has 2 aliphatic rings. The monoisotopic (exact) mass is 458 g/mol. The normalized spacial score (nSPS) is 24.4. The van der Waals surface area contributed by atoms with E-state index in [2.05, 4.69) is 42.6 Å². The molecule has 2 saturated heterocycles. The van der Waals surface area contributed by atoms with Gasteiger partial charge in [0.05, 0.1) is 13.2 Å². The molecule has 0 radical (unpaired) electrons. The van der Waals surface area contributed by atoms with E-state index in [0.29, 0.717) is 12.6 Å². The summed E-state index contributed by atoms with van der Waals surface area (Å²) < 4.78 is 6.36. The molecule has 2 rings (SSSR count). The van der Waals surface area contributed by atoms with Gasteiger partial charge < -0.3 is 15.0 Å². The molecule has 0 spiro atoms. The van der Waals surface area contributed by atoms with E-state index in [0.717, 1.165) is 49.8 Å². The lowest BCUT2D eigenvalue weighted by Gasteiger charge is -2.32. The van der Waals surface area contributed by atoms with Crippen LogP contribution < -0.4 is 5.32 Å². The summed E-state index contributed by atoms with van der Waals surface area (Å²) in [4.78, 5) is 9.22. The van der Waals surface area contributed by atoms with Crippen LogP contribution in [0.25, 0.3) is 0 Å². The molecule has 0 bridgehead atoms. The van der Waals surface area contributed by atoms with Crippen molar-refractivity contribution in [3.63, 3.8) is 0 Å². The zero-order chi connectivity index (χ0) is 13.7. The molecule has 116 valence electrons. The van der Waals surface area contributed by atoms with Crippen LogP contribution in [-0.4, -0.2) is 74.8 Å². The van der Waals surface area contributed by atoms with Crippen molar-refractivity contribution < 1.29 is 4.74 Å². The summed E-state index contributed by atoms with van der Waals surface area (Å²) in [6.07, 6.45) is 1.20. The van der Waals surface area contributed by atoms with Gasteiger partial charge in [-0.1, -0.05) is 22.5 Å². The van der Waals surface area contributed by atoms with Crippen molar-refractivity contribution in [1.82, 2.24) is 15.1 Å².